The number of rotatable bonds is 9. The fourth-order valence-electron chi connectivity index (χ4n) is 2.68. The Bertz CT molecular complexity index is 889. The molecule has 8 nitrogen and oxygen atoms in total. The van der Waals surface area contributed by atoms with Gasteiger partial charge in [0.25, 0.3) is 11.5 Å². The molecule has 1 atom stereocenters. The van der Waals surface area contributed by atoms with Crippen molar-refractivity contribution in [2.45, 2.75) is 34.1 Å². The summed E-state index contributed by atoms with van der Waals surface area (Å²) in [6.07, 6.45) is 1.84. The molecule has 2 heterocycles. The predicted octanol–water partition coefficient (Wildman–Crippen LogP) is 1.96. The van der Waals surface area contributed by atoms with E-state index in [-0.39, 0.29) is 12.1 Å². The molecule has 148 valence electrons. The summed E-state index contributed by atoms with van der Waals surface area (Å²) in [7, 11) is 0. The number of thiazole rings is 1. The Kier molecular flexibility index (Phi) is 7.09. The molecule has 0 saturated carbocycles. The molecule has 0 aliphatic carbocycles. The van der Waals surface area contributed by atoms with Crippen LogP contribution in [-0.4, -0.2) is 57.6 Å². The van der Waals surface area contributed by atoms with Crippen LogP contribution in [0.1, 0.15) is 41.2 Å². The Morgan fingerprint density at radius 2 is 2.11 bits per heavy atom. The fourth-order valence-corrected chi connectivity index (χ4v) is 3.61. The van der Waals surface area contributed by atoms with E-state index in [1.54, 1.807) is 0 Å². The van der Waals surface area contributed by atoms with E-state index in [1.165, 1.54) is 33.8 Å². The number of ether oxygens (including phenoxy) is 1. The van der Waals surface area contributed by atoms with E-state index in [2.05, 4.69) is 4.98 Å². The average Bonchev–Trinajstić information content (AvgIpc) is 2.92. The second kappa shape index (κ2) is 9.09. The zero-order valence-electron chi connectivity index (χ0n) is 16.0. The number of fused-ring (bicyclic) bond motifs is 1. The zero-order valence-corrected chi connectivity index (χ0v) is 16.8. The van der Waals surface area contributed by atoms with Gasteiger partial charge < -0.3 is 14.7 Å². The Hall–Kier alpha value is -2.26. The summed E-state index contributed by atoms with van der Waals surface area (Å²) < 4.78 is 6.73. The number of aryl methyl sites for hydroxylation is 2. The molecule has 1 unspecified atom stereocenters. The van der Waals surface area contributed by atoms with Crippen LogP contribution in [0, 0.1) is 19.8 Å². The number of carboxylic acid groups (broad SMARTS) is 1. The molecule has 2 aromatic heterocycles. The first-order valence-electron chi connectivity index (χ1n) is 8.85. The van der Waals surface area contributed by atoms with Gasteiger partial charge in [0.1, 0.15) is 5.56 Å². The number of carbonyl (C=O) groups excluding carboxylic acids is 1. The highest BCUT2D eigenvalue weighted by molar-refractivity contribution is 7.17. The van der Waals surface area contributed by atoms with Crippen LogP contribution in [0.5, 0.6) is 0 Å². The van der Waals surface area contributed by atoms with Gasteiger partial charge in [-0.15, -0.1) is 11.3 Å². The van der Waals surface area contributed by atoms with Crippen LogP contribution in [0.4, 0.5) is 0 Å². The van der Waals surface area contributed by atoms with Crippen LogP contribution in [0.15, 0.2) is 11.0 Å². The quantitative estimate of drug-likeness (QED) is 0.652. The van der Waals surface area contributed by atoms with Crippen molar-refractivity contribution in [3.8, 4) is 0 Å². The van der Waals surface area contributed by atoms with Crippen LogP contribution in [0.3, 0.4) is 0 Å². The first kappa shape index (κ1) is 21.0. The lowest BCUT2D eigenvalue weighted by molar-refractivity contribution is -0.141. The van der Waals surface area contributed by atoms with E-state index < -0.39 is 23.4 Å². The molecule has 0 aromatic carbocycles. The molecule has 1 N–H and O–H groups in total. The number of hydrogen-bond acceptors (Lipinski definition) is 6. The Morgan fingerprint density at radius 3 is 2.74 bits per heavy atom. The minimum Gasteiger partial charge on any atom is -0.481 e. The van der Waals surface area contributed by atoms with Gasteiger partial charge in [0.2, 0.25) is 0 Å². The Labute approximate surface area is 161 Å². The van der Waals surface area contributed by atoms with Crippen molar-refractivity contribution in [3.63, 3.8) is 0 Å². The van der Waals surface area contributed by atoms with Crippen LogP contribution in [0.25, 0.3) is 4.96 Å². The maximum absolute atomic E-state index is 13.0. The van der Waals surface area contributed by atoms with Crippen molar-refractivity contribution >= 4 is 28.2 Å². The second-order valence-electron chi connectivity index (χ2n) is 6.38. The number of carboxylic acids is 1. The van der Waals surface area contributed by atoms with Gasteiger partial charge in [-0.1, -0.05) is 6.92 Å². The van der Waals surface area contributed by atoms with Crippen LogP contribution in [-0.2, 0) is 9.53 Å². The fraction of sp³-hybridized carbons (Fsp3) is 0.556. The summed E-state index contributed by atoms with van der Waals surface area (Å²) >= 11 is 1.39. The van der Waals surface area contributed by atoms with Gasteiger partial charge in [-0.3, -0.25) is 18.8 Å². The van der Waals surface area contributed by atoms with Gasteiger partial charge in [-0.05, 0) is 27.2 Å². The Balaban J connectivity index is 2.34. The third-order valence-electron chi connectivity index (χ3n) is 4.37. The predicted molar refractivity (Wildman–Crippen MR) is 103 cm³/mol. The molecule has 0 spiro atoms. The summed E-state index contributed by atoms with van der Waals surface area (Å²) in [4.78, 5) is 44.2. The molecule has 1 amide bonds. The van der Waals surface area contributed by atoms with Gasteiger partial charge in [-0.25, -0.2) is 4.98 Å². The number of amides is 1. The van der Waals surface area contributed by atoms with Gasteiger partial charge in [-0.2, -0.15) is 0 Å². The minimum absolute atomic E-state index is 0.0179. The maximum atomic E-state index is 13.0. The van der Waals surface area contributed by atoms with Crippen LogP contribution in [0.2, 0.25) is 0 Å². The molecule has 0 saturated heterocycles. The molecular formula is C18H25N3O5S. The molecule has 9 heteroatoms. The zero-order chi connectivity index (χ0) is 20.1. The smallest absolute Gasteiger partial charge is 0.308 e. The molecule has 2 aromatic rings. The molecule has 0 fully saturated rings. The monoisotopic (exact) mass is 395 g/mol. The van der Waals surface area contributed by atoms with E-state index in [1.807, 2.05) is 20.8 Å². The van der Waals surface area contributed by atoms with E-state index in [0.717, 1.165) is 10.6 Å². The number of aliphatic carboxylic acids is 1. The largest absolute Gasteiger partial charge is 0.481 e. The van der Waals surface area contributed by atoms with Gasteiger partial charge in [0, 0.05) is 43.1 Å². The average molecular weight is 395 g/mol. The first-order chi connectivity index (χ1) is 12.8. The van der Waals surface area contributed by atoms with Crippen LogP contribution < -0.4 is 5.56 Å². The molecule has 0 radical (unpaired) electrons. The summed E-state index contributed by atoms with van der Waals surface area (Å²) in [5, 5.41) is 9.19. The molecule has 27 heavy (non-hydrogen) atoms. The summed E-state index contributed by atoms with van der Waals surface area (Å²) in [5.74, 6) is -2.24. The SMILES string of the molecule is CCOCCCN(CC(C)C(=O)O)C(=O)c1cnc2sc(C)c(C)n2c1=O. The van der Waals surface area contributed by atoms with Gasteiger partial charge in [0.05, 0.1) is 5.92 Å². The van der Waals surface area contributed by atoms with Crippen molar-refractivity contribution in [2.75, 3.05) is 26.3 Å². The third-order valence-corrected chi connectivity index (χ3v) is 5.44. The van der Waals surface area contributed by atoms with E-state index in [0.29, 0.717) is 31.1 Å². The van der Waals surface area contributed by atoms with Crippen molar-refractivity contribution in [1.82, 2.24) is 14.3 Å². The normalized spacial score (nSPS) is 12.3. The molecule has 0 bridgehead atoms. The molecule has 2 rings (SSSR count). The molecule has 0 aliphatic heterocycles. The number of nitrogens with zero attached hydrogens (tertiary/aromatic N) is 3. The maximum Gasteiger partial charge on any atom is 0.308 e. The third kappa shape index (κ3) is 4.72. The second-order valence-corrected chi connectivity index (χ2v) is 7.56. The lowest BCUT2D eigenvalue weighted by Gasteiger charge is -2.24. The van der Waals surface area contributed by atoms with Crippen molar-refractivity contribution in [2.24, 2.45) is 5.92 Å². The van der Waals surface area contributed by atoms with E-state index in [9.17, 15) is 19.5 Å². The highest BCUT2D eigenvalue weighted by Gasteiger charge is 2.25. The van der Waals surface area contributed by atoms with E-state index >= 15 is 0 Å². The van der Waals surface area contributed by atoms with Gasteiger partial charge in [0.15, 0.2) is 4.96 Å². The Morgan fingerprint density at radius 1 is 1.41 bits per heavy atom. The van der Waals surface area contributed by atoms with E-state index in [4.69, 9.17) is 4.74 Å². The standard InChI is InChI=1S/C18H25N3O5S/c1-5-26-8-6-7-20(10-11(2)17(24)25)15(22)14-9-19-18-21(16(14)23)12(3)13(4)27-18/h9,11H,5-8,10H2,1-4H3,(H,24,25). The van der Waals surface area contributed by atoms with Crippen molar-refractivity contribution in [1.29, 1.82) is 0 Å². The van der Waals surface area contributed by atoms with Crippen molar-refractivity contribution < 1.29 is 19.4 Å². The number of hydrogen-bond donors (Lipinski definition) is 1. The van der Waals surface area contributed by atoms with Gasteiger partial charge >= 0.3 is 5.97 Å². The number of carbonyl (C=O) groups is 2. The lowest BCUT2D eigenvalue weighted by atomic mass is 10.1. The highest BCUT2D eigenvalue weighted by atomic mass is 32.1. The summed E-state index contributed by atoms with van der Waals surface area (Å²) in [6, 6.07) is 0. The minimum atomic E-state index is -0.993. The van der Waals surface area contributed by atoms with Crippen LogP contribution >= 0.6 is 11.3 Å². The lowest BCUT2D eigenvalue weighted by Crippen LogP contribution is -2.40. The highest BCUT2D eigenvalue weighted by Crippen LogP contribution is 2.18. The summed E-state index contributed by atoms with van der Waals surface area (Å²) in [5.41, 5.74) is 0.274. The first-order valence-corrected chi connectivity index (χ1v) is 9.67. The topological polar surface area (TPSA) is 101 Å². The molecular weight excluding hydrogens is 370 g/mol. The van der Waals surface area contributed by atoms with Crippen molar-refractivity contribution in [3.05, 3.63) is 32.7 Å². The summed E-state index contributed by atoms with van der Waals surface area (Å²) in [6.45, 7) is 8.46. The number of aromatic nitrogens is 2. The molecule has 0 aliphatic rings.